The monoisotopic (exact) mass is 324 g/mol. The molecule has 1 amide bonds. The highest BCUT2D eigenvalue weighted by Crippen LogP contribution is 2.23. The normalized spacial score (nSPS) is 26.6. The van der Waals surface area contributed by atoms with Gasteiger partial charge in [-0.15, -0.1) is 0 Å². The lowest BCUT2D eigenvalue weighted by Gasteiger charge is -2.33. The van der Waals surface area contributed by atoms with Gasteiger partial charge in [0.15, 0.2) is 6.10 Å². The Balaban J connectivity index is 1.61. The van der Waals surface area contributed by atoms with Crippen LogP contribution in [-0.4, -0.2) is 67.2 Å². The molecule has 3 atom stereocenters. The fourth-order valence-corrected chi connectivity index (χ4v) is 3.27. The molecule has 0 aromatic heterocycles. The Morgan fingerprint density at radius 2 is 2.27 bits per heavy atom. The number of nitrogens with zero attached hydrogens (tertiary/aromatic N) is 2. The summed E-state index contributed by atoms with van der Waals surface area (Å²) in [4.78, 5) is 16.7. The number of ether oxygens (including phenoxy) is 2. The standard InChI is InChI=1S/C16H21ClN2O3/c1-11(22-13-5-3-4-12(17)8-13)16(20)19-9-14-15(10-19)21-7-6-18(14)2/h3-5,8,11,14-15H,6-7,9-10H2,1-2H3/t11-,14-,15+/m0/s1. The van der Waals surface area contributed by atoms with Gasteiger partial charge in [0.2, 0.25) is 0 Å². The number of amides is 1. The quantitative estimate of drug-likeness (QED) is 0.848. The van der Waals surface area contributed by atoms with Crippen LogP contribution in [0.4, 0.5) is 0 Å². The second-order valence-corrected chi connectivity index (χ2v) is 6.35. The van der Waals surface area contributed by atoms with Gasteiger partial charge in [-0.05, 0) is 32.2 Å². The molecular weight excluding hydrogens is 304 g/mol. The van der Waals surface area contributed by atoms with E-state index in [0.29, 0.717) is 23.9 Å². The first-order chi connectivity index (χ1) is 10.5. The molecule has 3 rings (SSSR count). The maximum absolute atomic E-state index is 12.6. The molecule has 0 unspecified atom stereocenters. The number of fused-ring (bicyclic) bond motifs is 1. The molecule has 2 aliphatic heterocycles. The molecule has 0 radical (unpaired) electrons. The summed E-state index contributed by atoms with van der Waals surface area (Å²) in [6, 6.07) is 7.39. The Labute approximate surface area is 135 Å². The summed E-state index contributed by atoms with van der Waals surface area (Å²) in [6.07, 6.45) is -0.426. The molecule has 2 fully saturated rings. The van der Waals surface area contributed by atoms with Gasteiger partial charge in [-0.25, -0.2) is 0 Å². The van der Waals surface area contributed by atoms with E-state index in [1.807, 2.05) is 11.0 Å². The number of hydrogen-bond donors (Lipinski definition) is 0. The van der Waals surface area contributed by atoms with Crippen LogP contribution in [0.1, 0.15) is 6.92 Å². The lowest BCUT2D eigenvalue weighted by molar-refractivity contribution is -0.137. The molecule has 0 N–H and O–H groups in total. The van der Waals surface area contributed by atoms with Crippen molar-refractivity contribution in [3.63, 3.8) is 0 Å². The van der Waals surface area contributed by atoms with Crippen LogP contribution >= 0.6 is 11.6 Å². The van der Waals surface area contributed by atoms with Crippen molar-refractivity contribution in [3.8, 4) is 5.75 Å². The van der Waals surface area contributed by atoms with Gasteiger partial charge in [0.05, 0.1) is 18.8 Å². The summed E-state index contributed by atoms with van der Waals surface area (Å²) in [5.74, 6) is 0.602. The zero-order chi connectivity index (χ0) is 15.7. The van der Waals surface area contributed by atoms with Crippen LogP contribution < -0.4 is 4.74 Å². The first kappa shape index (κ1) is 15.6. The van der Waals surface area contributed by atoms with Gasteiger partial charge in [0, 0.05) is 24.7 Å². The summed E-state index contributed by atoms with van der Waals surface area (Å²) in [5, 5.41) is 0.597. The first-order valence-corrected chi connectivity index (χ1v) is 7.95. The zero-order valence-corrected chi connectivity index (χ0v) is 13.6. The van der Waals surface area contributed by atoms with E-state index >= 15 is 0 Å². The number of benzene rings is 1. The highest BCUT2D eigenvalue weighted by molar-refractivity contribution is 6.30. The SMILES string of the molecule is C[C@H](Oc1cccc(Cl)c1)C(=O)N1C[C@H]2OCCN(C)[C@H]2C1. The Bertz CT molecular complexity index is 554. The number of hydrogen-bond acceptors (Lipinski definition) is 4. The minimum Gasteiger partial charge on any atom is -0.481 e. The fourth-order valence-electron chi connectivity index (χ4n) is 3.09. The van der Waals surface area contributed by atoms with E-state index in [1.165, 1.54) is 0 Å². The third kappa shape index (κ3) is 3.21. The molecule has 0 saturated carbocycles. The highest BCUT2D eigenvalue weighted by Gasteiger charge is 2.41. The van der Waals surface area contributed by atoms with E-state index in [2.05, 4.69) is 11.9 Å². The van der Waals surface area contributed by atoms with E-state index < -0.39 is 6.10 Å². The lowest BCUT2D eigenvalue weighted by Crippen LogP contribution is -2.48. The van der Waals surface area contributed by atoms with Crippen LogP contribution in [0, 0.1) is 0 Å². The smallest absolute Gasteiger partial charge is 0.263 e. The largest absolute Gasteiger partial charge is 0.481 e. The molecule has 1 aromatic rings. The molecule has 22 heavy (non-hydrogen) atoms. The second-order valence-electron chi connectivity index (χ2n) is 5.92. The van der Waals surface area contributed by atoms with Gasteiger partial charge in [0.1, 0.15) is 5.75 Å². The minimum absolute atomic E-state index is 0.00799. The van der Waals surface area contributed by atoms with Crippen molar-refractivity contribution in [2.24, 2.45) is 0 Å². The number of carbonyl (C=O) groups is 1. The molecule has 0 spiro atoms. The number of likely N-dealkylation sites (N-methyl/N-ethyl adjacent to an activating group) is 1. The van der Waals surface area contributed by atoms with Crippen molar-refractivity contribution in [2.75, 3.05) is 33.3 Å². The summed E-state index contributed by atoms with van der Waals surface area (Å²) >= 11 is 5.94. The first-order valence-electron chi connectivity index (χ1n) is 7.57. The van der Waals surface area contributed by atoms with E-state index in [0.717, 1.165) is 13.2 Å². The van der Waals surface area contributed by atoms with Gasteiger partial charge in [-0.3, -0.25) is 9.69 Å². The van der Waals surface area contributed by atoms with Crippen LogP contribution in [0.25, 0.3) is 0 Å². The van der Waals surface area contributed by atoms with Crippen molar-refractivity contribution in [3.05, 3.63) is 29.3 Å². The third-order valence-corrected chi connectivity index (χ3v) is 4.58. The fraction of sp³-hybridized carbons (Fsp3) is 0.562. The van der Waals surface area contributed by atoms with Gasteiger partial charge in [0.25, 0.3) is 5.91 Å². The van der Waals surface area contributed by atoms with Gasteiger partial charge in [-0.1, -0.05) is 17.7 Å². The molecular formula is C16H21ClN2O3. The lowest BCUT2D eigenvalue weighted by atomic mass is 10.1. The van der Waals surface area contributed by atoms with Crippen molar-refractivity contribution >= 4 is 17.5 Å². The molecule has 120 valence electrons. The average molecular weight is 325 g/mol. The van der Waals surface area contributed by atoms with Crippen molar-refractivity contribution < 1.29 is 14.3 Å². The van der Waals surface area contributed by atoms with E-state index in [4.69, 9.17) is 21.1 Å². The molecule has 0 bridgehead atoms. The summed E-state index contributed by atoms with van der Waals surface area (Å²) in [7, 11) is 2.08. The predicted molar refractivity (Wildman–Crippen MR) is 84.3 cm³/mol. The second kappa shape index (κ2) is 6.44. The molecule has 2 heterocycles. The Morgan fingerprint density at radius 1 is 1.45 bits per heavy atom. The van der Waals surface area contributed by atoms with Crippen LogP contribution in [-0.2, 0) is 9.53 Å². The predicted octanol–water partition coefficient (Wildman–Crippen LogP) is 1.65. The minimum atomic E-state index is -0.538. The third-order valence-electron chi connectivity index (χ3n) is 4.35. The Hall–Kier alpha value is -1.30. The molecule has 0 aliphatic carbocycles. The van der Waals surface area contributed by atoms with Gasteiger partial charge >= 0.3 is 0 Å². The zero-order valence-electron chi connectivity index (χ0n) is 12.9. The Morgan fingerprint density at radius 3 is 3.00 bits per heavy atom. The molecule has 1 aromatic carbocycles. The topological polar surface area (TPSA) is 42.0 Å². The van der Waals surface area contributed by atoms with E-state index in [9.17, 15) is 4.79 Å². The molecule has 2 aliphatic rings. The average Bonchev–Trinajstić information content (AvgIpc) is 2.92. The number of likely N-dealkylation sites (tertiary alicyclic amines) is 1. The maximum atomic E-state index is 12.6. The number of halogens is 1. The van der Waals surface area contributed by atoms with E-state index in [-0.39, 0.29) is 18.1 Å². The van der Waals surface area contributed by atoms with Crippen molar-refractivity contribution in [2.45, 2.75) is 25.2 Å². The van der Waals surface area contributed by atoms with Crippen LogP contribution in [0.2, 0.25) is 5.02 Å². The van der Waals surface area contributed by atoms with Crippen LogP contribution in [0.3, 0.4) is 0 Å². The summed E-state index contributed by atoms with van der Waals surface area (Å²) in [5.41, 5.74) is 0. The maximum Gasteiger partial charge on any atom is 0.263 e. The van der Waals surface area contributed by atoms with Gasteiger partial charge < -0.3 is 14.4 Å². The molecule has 5 nitrogen and oxygen atoms in total. The Kier molecular flexibility index (Phi) is 4.57. The van der Waals surface area contributed by atoms with Crippen molar-refractivity contribution in [1.82, 2.24) is 9.80 Å². The summed E-state index contributed by atoms with van der Waals surface area (Å²) < 4.78 is 11.5. The number of morpholine rings is 1. The molecule has 6 heteroatoms. The van der Waals surface area contributed by atoms with Gasteiger partial charge in [-0.2, -0.15) is 0 Å². The van der Waals surface area contributed by atoms with Crippen molar-refractivity contribution in [1.29, 1.82) is 0 Å². The van der Waals surface area contributed by atoms with Crippen LogP contribution in [0.15, 0.2) is 24.3 Å². The summed E-state index contributed by atoms with van der Waals surface area (Å²) in [6.45, 7) is 4.75. The number of carbonyl (C=O) groups excluding carboxylic acids is 1. The van der Waals surface area contributed by atoms with E-state index in [1.54, 1.807) is 25.1 Å². The van der Waals surface area contributed by atoms with Crippen LogP contribution in [0.5, 0.6) is 5.75 Å². The molecule has 2 saturated heterocycles. The number of rotatable bonds is 3. The highest BCUT2D eigenvalue weighted by atomic mass is 35.5.